The van der Waals surface area contributed by atoms with Crippen molar-refractivity contribution in [2.45, 2.75) is 0 Å². The molecule has 0 saturated heterocycles. The molecule has 0 amide bonds. The molecule has 0 radical (unpaired) electrons. The lowest BCUT2D eigenvalue weighted by Gasteiger charge is -1.99. The Morgan fingerprint density at radius 2 is 1.87 bits per heavy atom. The van der Waals surface area contributed by atoms with Crippen LogP contribution in [0, 0.1) is 0 Å². The molecular formula is C11H8ClNOS. The van der Waals surface area contributed by atoms with Crippen LogP contribution in [-0.2, 0) is 0 Å². The predicted molar refractivity (Wildman–Crippen MR) is 63.6 cm³/mol. The molecule has 1 aromatic heterocycles. The van der Waals surface area contributed by atoms with Gasteiger partial charge in [0.1, 0.15) is 0 Å². The summed E-state index contributed by atoms with van der Waals surface area (Å²) in [6, 6.07) is 8.53. The summed E-state index contributed by atoms with van der Waals surface area (Å²) in [7, 11) is 0. The first-order chi connectivity index (χ1) is 7.18. The van der Waals surface area contributed by atoms with Crippen LogP contribution in [0.5, 0.6) is 0 Å². The number of hydrogen-bond acceptors (Lipinski definition) is 3. The van der Waals surface area contributed by atoms with Crippen molar-refractivity contribution in [2.75, 3.05) is 5.73 Å². The van der Waals surface area contributed by atoms with Crippen molar-refractivity contribution in [1.29, 1.82) is 0 Å². The third-order valence-corrected chi connectivity index (χ3v) is 3.34. The number of ketones is 1. The molecule has 0 unspecified atom stereocenters. The minimum Gasteiger partial charge on any atom is -0.399 e. The Kier molecular flexibility index (Phi) is 2.75. The highest BCUT2D eigenvalue weighted by Crippen LogP contribution is 2.25. The van der Waals surface area contributed by atoms with Crippen molar-refractivity contribution in [1.82, 2.24) is 0 Å². The van der Waals surface area contributed by atoms with Gasteiger partial charge in [0, 0.05) is 11.3 Å². The highest BCUT2D eigenvalue weighted by atomic mass is 35.5. The van der Waals surface area contributed by atoms with Gasteiger partial charge >= 0.3 is 0 Å². The van der Waals surface area contributed by atoms with Crippen molar-refractivity contribution in [3.05, 3.63) is 51.2 Å². The predicted octanol–water partition coefficient (Wildman–Crippen LogP) is 3.21. The molecule has 4 heteroatoms. The summed E-state index contributed by atoms with van der Waals surface area (Å²) in [5, 5.41) is 2.30. The van der Waals surface area contributed by atoms with E-state index in [0.717, 1.165) is 0 Å². The Labute approximate surface area is 96.3 Å². The van der Waals surface area contributed by atoms with Crippen LogP contribution in [-0.4, -0.2) is 5.78 Å². The van der Waals surface area contributed by atoms with Gasteiger partial charge in [-0.15, -0.1) is 11.3 Å². The Bertz CT molecular complexity index is 490. The lowest BCUT2D eigenvalue weighted by Crippen LogP contribution is -1.99. The summed E-state index contributed by atoms with van der Waals surface area (Å²) in [5.41, 5.74) is 6.79. The number of halogens is 1. The molecule has 0 fully saturated rings. The van der Waals surface area contributed by atoms with Crippen LogP contribution in [0.1, 0.15) is 15.2 Å². The second-order valence-electron chi connectivity index (χ2n) is 3.05. The molecule has 15 heavy (non-hydrogen) atoms. The summed E-state index contributed by atoms with van der Waals surface area (Å²) in [5.74, 6) is -0.0602. The summed E-state index contributed by atoms with van der Waals surface area (Å²) < 4.78 is 0. The molecule has 2 rings (SSSR count). The van der Waals surface area contributed by atoms with E-state index < -0.39 is 0 Å². The van der Waals surface area contributed by atoms with Gasteiger partial charge in [0.2, 0.25) is 5.78 Å². The number of hydrogen-bond donors (Lipinski definition) is 1. The van der Waals surface area contributed by atoms with Crippen molar-refractivity contribution in [2.24, 2.45) is 0 Å². The van der Waals surface area contributed by atoms with E-state index in [0.29, 0.717) is 21.2 Å². The smallest absolute Gasteiger partial charge is 0.204 e. The van der Waals surface area contributed by atoms with Gasteiger partial charge in [0.05, 0.1) is 9.90 Å². The van der Waals surface area contributed by atoms with Gasteiger partial charge in [0.25, 0.3) is 0 Å². The third-order valence-electron chi connectivity index (χ3n) is 2.00. The van der Waals surface area contributed by atoms with Gasteiger partial charge in [-0.3, -0.25) is 4.79 Å². The quantitative estimate of drug-likeness (QED) is 0.644. The number of benzene rings is 1. The van der Waals surface area contributed by atoms with Crippen molar-refractivity contribution in [3.63, 3.8) is 0 Å². The summed E-state index contributed by atoms with van der Waals surface area (Å²) >= 11 is 7.22. The number of thiophene rings is 1. The molecule has 0 atom stereocenters. The number of carbonyl (C=O) groups excluding carboxylic acids is 1. The molecule has 2 N–H and O–H groups in total. The molecule has 2 aromatic rings. The highest BCUT2D eigenvalue weighted by molar-refractivity contribution is 7.13. The Balaban J connectivity index is 2.37. The van der Waals surface area contributed by atoms with Gasteiger partial charge in [0.15, 0.2) is 0 Å². The Hall–Kier alpha value is -1.32. The van der Waals surface area contributed by atoms with E-state index in [-0.39, 0.29) is 5.78 Å². The summed E-state index contributed by atoms with van der Waals surface area (Å²) in [6.45, 7) is 0. The molecule has 0 spiro atoms. The van der Waals surface area contributed by atoms with Crippen LogP contribution in [0.15, 0.2) is 35.7 Å². The normalized spacial score (nSPS) is 10.2. The SMILES string of the molecule is Nc1ccc(C(=O)c2sccc2Cl)cc1. The van der Waals surface area contributed by atoms with Crippen LogP contribution in [0.4, 0.5) is 5.69 Å². The molecule has 0 bridgehead atoms. The second-order valence-corrected chi connectivity index (χ2v) is 4.37. The topological polar surface area (TPSA) is 43.1 Å². The molecule has 0 aliphatic rings. The molecule has 76 valence electrons. The molecule has 1 heterocycles. The van der Waals surface area contributed by atoms with E-state index in [9.17, 15) is 4.79 Å². The standard InChI is InChI=1S/C11H8ClNOS/c12-9-5-6-15-11(9)10(14)7-1-3-8(13)4-2-7/h1-6H,13H2. The van der Waals surface area contributed by atoms with Crippen LogP contribution in [0.3, 0.4) is 0 Å². The lowest BCUT2D eigenvalue weighted by molar-refractivity contribution is 0.104. The number of carbonyl (C=O) groups is 1. The van der Waals surface area contributed by atoms with E-state index in [4.69, 9.17) is 17.3 Å². The number of rotatable bonds is 2. The van der Waals surface area contributed by atoms with Crippen LogP contribution in [0.2, 0.25) is 5.02 Å². The van der Waals surface area contributed by atoms with Crippen LogP contribution >= 0.6 is 22.9 Å². The van der Waals surface area contributed by atoms with Crippen molar-refractivity contribution >= 4 is 34.4 Å². The summed E-state index contributed by atoms with van der Waals surface area (Å²) in [6.07, 6.45) is 0. The monoisotopic (exact) mass is 237 g/mol. The molecular weight excluding hydrogens is 230 g/mol. The maximum atomic E-state index is 11.9. The Morgan fingerprint density at radius 3 is 2.40 bits per heavy atom. The van der Waals surface area contributed by atoms with Gasteiger partial charge < -0.3 is 5.73 Å². The average Bonchev–Trinajstić information content (AvgIpc) is 2.65. The fraction of sp³-hybridized carbons (Fsp3) is 0. The lowest BCUT2D eigenvalue weighted by atomic mass is 10.1. The van der Waals surface area contributed by atoms with E-state index in [2.05, 4.69) is 0 Å². The van der Waals surface area contributed by atoms with Crippen molar-refractivity contribution in [3.8, 4) is 0 Å². The molecule has 1 aromatic carbocycles. The fourth-order valence-electron chi connectivity index (χ4n) is 1.22. The highest BCUT2D eigenvalue weighted by Gasteiger charge is 2.13. The van der Waals surface area contributed by atoms with Crippen molar-refractivity contribution < 1.29 is 4.79 Å². The molecule has 0 aliphatic carbocycles. The first-order valence-corrected chi connectivity index (χ1v) is 5.57. The fourth-order valence-corrected chi connectivity index (χ4v) is 2.32. The minimum absolute atomic E-state index is 0.0602. The maximum absolute atomic E-state index is 11.9. The van der Waals surface area contributed by atoms with Gasteiger partial charge in [-0.1, -0.05) is 11.6 Å². The van der Waals surface area contributed by atoms with Gasteiger partial charge in [-0.05, 0) is 35.7 Å². The zero-order valence-electron chi connectivity index (χ0n) is 7.74. The zero-order valence-corrected chi connectivity index (χ0v) is 9.31. The summed E-state index contributed by atoms with van der Waals surface area (Å²) in [4.78, 5) is 12.5. The zero-order chi connectivity index (χ0) is 10.8. The first kappa shape index (κ1) is 10.2. The number of anilines is 1. The minimum atomic E-state index is -0.0602. The second kappa shape index (κ2) is 4.04. The van der Waals surface area contributed by atoms with Crippen LogP contribution < -0.4 is 5.73 Å². The van der Waals surface area contributed by atoms with E-state index in [1.807, 2.05) is 0 Å². The molecule has 2 nitrogen and oxygen atoms in total. The molecule has 0 saturated carbocycles. The van der Waals surface area contributed by atoms with E-state index in [1.165, 1.54) is 11.3 Å². The number of nitrogen functional groups attached to an aromatic ring is 1. The Morgan fingerprint density at radius 1 is 1.20 bits per heavy atom. The van der Waals surface area contributed by atoms with Crippen LogP contribution in [0.25, 0.3) is 0 Å². The number of nitrogens with two attached hydrogens (primary N) is 1. The third kappa shape index (κ3) is 2.03. The van der Waals surface area contributed by atoms with E-state index >= 15 is 0 Å². The average molecular weight is 238 g/mol. The van der Waals surface area contributed by atoms with E-state index in [1.54, 1.807) is 35.7 Å². The maximum Gasteiger partial charge on any atom is 0.204 e. The molecule has 0 aliphatic heterocycles. The first-order valence-electron chi connectivity index (χ1n) is 4.31. The van der Waals surface area contributed by atoms with Gasteiger partial charge in [-0.2, -0.15) is 0 Å². The van der Waals surface area contributed by atoms with Gasteiger partial charge in [-0.25, -0.2) is 0 Å². The largest absolute Gasteiger partial charge is 0.399 e.